The normalized spacial score (nSPS) is 19.4. The van der Waals surface area contributed by atoms with Crippen molar-refractivity contribution < 1.29 is 33.8 Å². The number of aliphatic hydroxyl groups is 1. The van der Waals surface area contributed by atoms with E-state index < -0.39 is 18.2 Å². The van der Waals surface area contributed by atoms with E-state index in [1.165, 1.54) is 4.90 Å². The second kappa shape index (κ2) is 20.0. The van der Waals surface area contributed by atoms with E-state index in [0.29, 0.717) is 111 Å². The van der Waals surface area contributed by atoms with Crippen LogP contribution in [-0.2, 0) is 25.7 Å². The van der Waals surface area contributed by atoms with E-state index in [0.717, 1.165) is 29.5 Å². The maximum absolute atomic E-state index is 13.5. The number of nitrogens with zero attached hydrogens (tertiary/aromatic N) is 5. The van der Waals surface area contributed by atoms with Gasteiger partial charge >= 0.3 is 0 Å². The fourth-order valence-corrected chi connectivity index (χ4v) is 9.15. The Morgan fingerprint density at radius 1 is 0.841 bits per heavy atom. The number of rotatable bonds is 14. The van der Waals surface area contributed by atoms with E-state index in [2.05, 4.69) is 45.2 Å². The number of unbranched alkanes of at least 4 members (excludes halogenated alkanes) is 1. The Bertz CT molecular complexity index is 2320. The number of hydrogen-bond donors (Lipinski definition) is 4. The summed E-state index contributed by atoms with van der Waals surface area (Å²) < 4.78 is 5.81. The van der Waals surface area contributed by atoms with Gasteiger partial charge in [0, 0.05) is 67.8 Å². The van der Waals surface area contributed by atoms with Crippen molar-refractivity contribution in [3.8, 4) is 28.1 Å². The number of benzene rings is 3. The van der Waals surface area contributed by atoms with E-state index in [1.54, 1.807) is 24.4 Å². The number of carbonyl (C=O) groups is 5. The molecular weight excluding hydrogens is 824 g/mol. The number of ether oxygens (including phenoxy) is 1. The minimum absolute atomic E-state index is 0.0577. The average Bonchev–Trinajstić information content (AvgIpc) is 3.65. The molecule has 2 atom stereocenters. The molecule has 0 bridgehead atoms. The highest BCUT2D eigenvalue weighted by molar-refractivity contribution is 6.33. The summed E-state index contributed by atoms with van der Waals surface area (Å²) in [7, 11) is 0. The summed E-state index contributed by atoms with van der Waals surface area (Å²) in [5.74, 6) is 0.0312. The van der Waals surface area contributed by atoms with Crippen molar-refractivity contribution in [1.29, 1.82) is 0 Å². The summed E-state index contributed by atoms with van der Waals surface area (Å²) >= 11 is 6.58. The van der Waals surface area contributed by atoms with Crippen molar-refractivity contribution in [3.05, 3.63) is 95.1 Å². The number of anilines is 1. The van der Waals surface area contributed by atoms with Gasteiger partial charge in [-0.15, -0.1) is 0 Å². The third-order valence-electron chi connectivity index (χ3n) is 12.5. The molecule has 4 aromatic rings. The van der Waals surface area contributed by atoms with Gasteiger partial charge < -0.3 is 40.5 Å². The summed E-state index contributed by atoms with van der Waals surface area (Å²) in [5, 5.41) is 19.0. The Hall–Kier alpha value is -6.06. The van der Waals surface area contributed by atoms with Crippen molar-refractivity contribution >= 4 is 47.1 Å². The largest absolute Gasteiger partial charge is 0.483 e. The van der Waals surface area contributed by atoms with Crippen LogP contribution in [-0.4, -0.2) is 117 Å². The zero-order valence-corrected chi connectivity index (χ0v) is 35.9. The topological polar surface area (TPSA) is 186 Å². The van der Waals surface area contributed by atoms with Crippen LogP contribution in [0.25, 0.3) is 22.4 Å². The predicted molar refractivity (Wildman–Crippen MR) is 236 cm³/mol. The van der Waals surface area contributed by atoms with Crippen molar-refractivity contribution in [2.24, 2.45) is 5.92 Å². The van der Waals surface area contributed by atoms with Crippen molar-refractivity contribution in [1.82, 2.24) is 35.3 Å². The van der Waals surface area contributed by atoms with E-state index in [4.69, 9.17) is 21.3 Å². The zero-order chi connectivity index (χ0) is 43.9. The van der Waals surface area contributed by atoms with E-state index in [1.807, 2.05) is 40.1 Å². The highest BCUT2D eigenvalue weighted by Gasteiger charge is 2.40. The van der Waals surface area contributed by atoms with E-state index >= 15 is 0 Å². The van der Waals surface area contributed by atoms with Crippen molar-refractivity contribution in [2.45, 2.75) is 82.6 Å². The van der Waals surface area contributed by atoms with Gasteiger partial charge in [0.15, 0.2) is 6.61 Å². The highest BCUT2D eigenvalue weighted by Crippen LogP contribution is 2.34. The molecule has 2 unspecified atom stereocenters. The first-order chi connectivity index (χ1) is 30.6. The average molecular weight is 877 g/mol. The number of aliphatic hydroxyl groups excluding tert-OH is 1. The molecule has 0 aliphatic carbocycles. The summed E-state index contributed by atoms with van der Waals surface area (Å²) in [6.45, 7) is 2.70. The van der Waals surface area contributed by atoms with Crippen LogP contribution in [0.3, 0.4) is 0 Å². The summed E-state index contributed by atoms with van der Waals surface area (Å²) in [5.41, 5.74) is 4.81. The monoisotopic (exact) mass is 876 g/mol. The number of aromatic nitrogens is 2. The van der Waals surface area contributed by atoms with Crippen LogP contribution in [0.4, 0.5) is 5.95 Å². The van der Waals surface area contributed by atoms with Gasteiger partial charge in [-0.2, -0.15) is 0 Å². The molecule has 3 fully saturated rings. The molecule has 330 valence electrons. The van der Waals surface area contributed by atoms with Crippen LogP contribution < -0.4 is 20.7 Å². The Kier molecular flexibility index (Phi) is 13.8. The second-order valence-corrected chi connectivity index (χ2v) is 17.1. The van der Waals surface area contributed by atoms with Crippen molar-refractivity contribution in [2.75, 3.05) is 44.6 Å². The minimum Gasteiger partial charge on any atom is -0.483 e. The van der Waals surface area contributed by atoms with Crippen LogP contribution in [0, 0.1) is 5.92 Å². The number of carbonyl (C=O) groups excluding carboxylic acids is 5. The molecule has 0 saturated carbocycles. The first kappa shape index (κ1) is 43.6. The summed E-state index contributed by atoms with van der Waals surface area (Å²) in [6.07, 6.45) is 5.85. The summed E-state index contributed by atoms with van der Waals surface area (Å²) in [4.78, 5) is 79.2. The smallest absolute Gasteiger partial charge is 0.257 e. The van der Waals surface area contributed by atoms with Gasteiger partial charge in [-0.05, 0) is 80.7 Å². The van der Waals surface area contributed by atoms with Gasteiger partial charge in [0.1, 0.15) is 18.0 Å². The number of amides is 5. The lowest BCUT2D eigenvalue weighted by atomic mass is 9.93. The quantitative estimate of drug-likeness (QED) is 0.125. The maximum Gasteiger partial charge on any atom is 0.257 e. The number of fused-ring (bicyclic) bond motifs is 1. The molecule has 63 heavy (non-hydrogen) atoms. The third-order valence-corrected chi connectivity index (χ3v) is 12.8. The molecule has 3 saturated heterocycles. The number of likely N-dealkylation sites (tertiary alicyclic amines) is 2. The molecular formula is C47H53ClN8O7. The number of nitrogens with one attached hydrogen (secondary N) is 3. The molecule has 4 aliphatic rings. The molecule has 0 radical (unpaired) electrons. The van der Waals surface area contributed by atoms with Crippen LogP contribution in [0.5, 0.6) is 5.75 Å². The fraction of sp³-hybridized carbons (Fsp3) is 0.426. The van der Waals surface area contributed by atoms with Crippen LogP contribution in [0.1, 0.15) is 73.7 Å². The number of hydrogen-bond acceptors (Lipinski definition) is 10. The molecule has 4 N–H and O–H groups in total. The molecule has 8 rings (SSSR count). The van der Waals surface area contributed by atoms with Crippen molar-refractivity contribution in [3.63, 3.8) is 0 Å². The minimum atomic E-state index is -0.913. The van der Waals surface area contributed by atoms with Crippen LogP contribution >= 0.6 is 11.6 Å². The second-order valence-electron chi connectivity index (χ2n) is 16.7. The van der Waals surface area contributed by atoms with Gasteiger partial charge in [0.25, 0.3) is 11.8 Å². The fourth-order valence-electron chi connectivity index (χ4n) is 8.95. The lowest BCUT2D eigenvalue weighted by Crippen LogP contribution is -2.54. The Balaban J connectivity index is 0.708. The molecule has 15 nitrogen and oxygen atoms in total. The number of piperidine rings is 3. The summed E-state index contributed by atoms with van der Waals surface area (Å²) in [6, 6.07) is 22.8. The third kappa shape index (κ3) is 10.4. The molecule has 0 spiro atoms. The Morgan fingerprint density at radius 3 is 2.35 bits per heavy atom. The first-order valence-corrected chi connectivity index (χ1v) is 22.3. The molecule has 16 heteroatoms. The maximum atomic E-state index is 13.5. The Morgan fingerprint density at radius 2 is 1.57 bits per heavy atom. The predicted octanol–water partition coefficient (Wildman–Crippen LogP) is 5.02. The molecule has 4 aliphatic heterocycles. The number of halogens is 1. The van der Waals surface area contributed by atoms with E-state index in [9.17, 15) is 29.1 Å². The van der Waals surface area contributed by atoms with Crippen LogP contribution in [0.15, 0.2) is 79.0 Å². The lowest BCUT2D eigenvalue weighted by Gasteiger charge is -2.37. The SMILES string of the molecule is O=C(COc1cccc2c1CN(C1CCC(O)NC1=O)C2=O)NCCCCC(=O)N1CCC(C(=O)N2CCC(Nc3ncc(Cl)c(-c4cccc(-c5ccccc5)c4)n3)CC2)CC1. The van der Waals surface area contributed by atoms with Gasteiger partial charge in [-0.3, -0.25) is 24.0 Å². The van der Waals surface area contributed by atoms with Crippen LogP contribution in [0.2, 0.25) is 5.02 Å². The standard InChI is InChI=1S/C47H53ClN8O7/c48-37-27-50-47(53-43(37)33-11-6-10-32(26-33)30-8-2-1-3-9-30)51-34-19-24-55(25-20-34)45(61)31-17-22-54(23-18-31)42(59)14-4-5-21-49-41(58)29-63-39-13-7-12-35-36(39)28-56(46(35)62)38-15-16-40(57)52-44(38)60/h1-3,6-13,26-27,31,34,38,40,57H,4-5,14-25,28-29H2,(H,49,58)(H,52,60)(H,50,51,53). The zero-order valence-electron chi connectivity index (χ0n) is 35.1. The van der Waals surface area contributed by atoms with E-state index in [-0.39, 0.29) is 48.7 Å². The van der Waals surface area contributed by atoms with Gasteiger partial charge in [0.2, 0.25) is 23.7 Å². The molecule has 3 aromatic carbocycles. The lowest BCUT2D eigenvalue weighted by molar-refractivity contribution is -0.141. The molecule has 1 aromatic heterocycles. The molecule has 5 amide bonds. The van der Waals surface area contributed by atoms with Gasteiger partial charge in [0.05, 0.1) is 23.5 Å². The van der Waals surface area contributed by atoms with Gasteiger partial charge in [-0.1, -0.05) is 66.2 Å². The van der Waals surface area contributed by atoms with Gasteiger partial charge in [-0.25, -0.2) is 9.97 Å². The highest BCUT2D eigenvalue weighted by atomic mass is 35.5. The Labute approximate surface area is 371 Å². The first-order valence-electron chi connectivity index (χ1n) is 21.9. The molecule has 5 heterocycles.